The molecule has 1 aliphatic rings. The number of hydrogen-bond donors (Lipinski definition) is 3. The van der Waals surface area contributed by atoms with Crippen molar-refractivity contribution in [3.63, 3.8) is 0 Å². The lowest BCUT2D eigenvalue weighted by Crippen LogP contribution is -2.41. The molecule has 1 aromatic rings. The smallest absolute Gasteiger partial charge is 0.322 e. The fourth-order valence-corrected chi connectivity index (χ4v) is 1.85. The Labute approximate surface area is 124 Å². The normalized spacial score (nSPS) is 15.2. The Morgan fingerprint density at radius 1 is 1.33 bits per heavy atom. The number of nitrogens with one attached hydrogen (secondary N) is 2. The summed E-state index contributed by atoms with van der Waals surface area (Å²) in [6, 6.07) is 6.89. The molecule has 3 N–H and O–H groups in total. The number of amides is 3. The molecular weight excluding hydrogens is 270 g/mol. The van der Waals surface area contributed by atoms with Gasteiger partial charge in [0, 0.05) is 18.8 Å². The van der Waals surface area contributed by atoms with Crippen LogP contribution >= 0.6 is 0 Å². The van der Waals surface area contributed by atoms with E-state index in [4.69, 9.17) is 0 Å². The standard InChI is InChI=1S/C15H21N3O3/c1-10(19)11-3-5-13(6-4-11)17-15(21)18(2)9-14(20)16-12-7-8-12/h3-6,10,12,19H,7-9H2,1-2H3,(H,16,20)(H,17,21). The third-order valence-corrected chi connectivity index (χ3v) is 3.31. The highest BCUT2D eigenvalue weighted by Gasteiger charge is 2.24. The van der Waals surface area contributed by atoms with Gasteiger partial charge in [0.1, 0.15) is 6.54 Å². The van der Waals surface area contributed by atoms with Gasteiger partial charge in [-0.05, 0) is 37.5 Å². The molecule has 1 atom stereocenters. The molecule has 0 aromatic heterocycles. The van der Waals surface area contributed by atoms with E-state index in [2.05, 4.69) is 10.6 Å². The van der Waals surface area contributed by atoms with Crippen LogP contribution in [0.5, 0.6) is 0 Å². The molecule has 0 radical (unpaired) electrons. The van der Waals surface area contributed by atoms with E-state index in [1.807, 2.05) is 0 Å². The van der Waals surface area contributed by atoms with Crippen molar-refractivity contribution in [3.05, 3.63) is 29.8 Å². The minimum absolute atomic E-state index is 0.0358. The summed E-state index contributed by atoms with van der Waals surface area (Å²) in [5.41, 5.74) is 1.41. The molecular formula is C15H21N3O3. The number of likely N-dealkylation sites (N-methyl/N-ethyl adjacent to an activating group) is 1. The van der Waals surface area contributed by atoms with Crippen LogP contribution in [0.15, 0.2) is 24.3 Å². The zero-order chi connectivity index (χ0) is 15.4. The molecule has 21 heavy (non-hydrogen) atoms. The number of benzene rings is 1. The average Bonchev–Trinajstić information content (AvgIpc) is 3.22. The van der Waals surface area contributed by atoms with Gasteiger partial charge < -0.3 is 20.6 Å². The van der Waals surface area contributed by atoms with E-state index in [1.54, 1.807) is 38.2 Å². The van der Waals surface area contributed by atoms with Gasteiger partial charge in [-0.2, -0.15) is 0 Å². The summed E-state index contributed by atoms with van der Waals surface area (Å²) in [5.74, 6) is -0.139. The minimum atomic E-state index is -0.538. The first-order chi connectivity index (χ1) is 9.95. The van der Waals surface area contributed by atoms with Gasteiger partial charge in [0.2, 0.25) is 5.91 Å². The highest BCUT2D eigenvalue weighted by Crippen LogP contribution is 2.18. The highest BCUT2D eigenvalue weighted by atomic mass is 16.3. The second kappa shape index (κ2) is 6.58. The van der Waals surface area contributed by atoms with Gasteiger partial charge in [-0.1, -0.05) is 12.1 Å². The van der Waals surface area contributed by atoms with Crippen LogP contribution in [-0.4, -0.2) is 41.6 Å². The predicted octanol–water partition coefficient (Wildman–Crippen LogP) is 1.48. The maximum absolute atomic E-state index is 12.0. The van der Waals surface area contributed by atoms with E-state index < -0.39 is 6.10 Å². The number of nitrogens with zero attached hydrogens (tertiary/aromatic N) is 1. The van der Waals surface area contributed by atoms with Gasteiger partial charge >= 0.3 is 6.03 Å². The lowest BCUT2D eigenvalue weighted by atomic mass is 10.1. The van der Waals surface area contributed by atoms with Crippen LogP contribution in [0.25, 0.3) is 0 Å². The first-order valence-electron chi connectivity index (χ1n) is 7.05. The molecule has 1 saturated carbocycles. The Balaban J connectivity index is 1.83. The Bertz CT molecular complexity index is 509. The van der Waals surface area contributed by atoms with Crippen molar-refractivity contribution in [1.29, 1.82) is 0 Å². The molecule has 1 unspecified atom stereocenters. The zero-order valence-corrected chi connectivity index (χ0v) is 12.3. The van der Waals surface area contributed by atoms with Crippen molar-refractivity contribution in [2.45, 2.75) is 31.9 Å². The van der Waals surface area contributed by atoms with Crippen molar-refractivity contribution >= 4 is 17.6 Å². The Morgan fingerprint density at radius 3 is 2.48 bits per heavy atom. The lowest BCUT2D eigenvalue weighted by molar-refractivity contribution is -0.121. The van der Waals surface area contributed by atoms with Crippen molar-refractivity contribution in [2.24, 2.45) is 0 Å². The maximum atomic E-state index is 12.0. The third kappa shape index (κ3) is 4.75. The van der Waals surface area contributed by atoms with Gasteiger partial charge in [-0.3, -0.25) is 4.79 Å². The number of aliphatic hydroxyl groups excluding tert-OH is 1. The van der Waals surface area contributed by atoms with E-state index in [0.29, 0.717) is 11.7 Å². The average molecular weight is 291 g/mol. The first kappa shape index (κ1) is 15.3. The molecule has 6 heteroatoms. The van der Waals surface area contributed by atoms with E-state index in [9.17, 15) is 14.7 Å². The molecule has 0 aliphatic heterocycles. The Kier molecular flexibility index (Phi) is 4.80. The first-order valence-corrected chi connectivity index (χ1v) is 7.05. The quantitative estimate of drug-likeness (QED) is 0.768. The van der Waals surface area contributed by atoms with Gasteiger partial charge in [0.05, 0.1) is 6.10 Å². The number of hydrogen-bond acceptors (Lipinski definition) is 3. The van der Waals surface area contributed by atoms with Crippen molar-refractivity contribution in [1.82, 2.24) is 10.2 Å². The summed E-state index contributed by atoms with van der Waals surface area (Å²) in [4.78, 5) is 24.9. The number of rotatable bonds is 5. The third-order valence-electron chi connectivity index (χ3n) is 3.31. The van der Waals surface area contributed by atoms with E-state index in [-0.39, 0.29) is 18.5 Å². The number of carbonyl (C=O) groups is 2. The Hall–Kier alpha value is -2.08. The van der Waals surface area contributed by atoms with Crippen LogP contribution in [0.2, 0.25) is 0 Å². The molecule has 1 aliphatic carbocycles. The van der Waals surface area contributed by atoms with E-state index in [1.165, 1.54) is 4.90 Å². The van der Waals surface area contributed by atoms with Crippen LogP contribution in [0.4, 0.5) is 10.5 Å². The largest absolute Gasteiger partial charge is 0.389 e. The summed E-state index contributed by atoms with van der Waals surface area (Å²) in [5, 5.41) is 15.0. The Morgan fingerprint density at radius 2 is 1.95 bits per heavy atom. The zero-order valence-electron chi connectivity index (χ0n) is 12.3. The van der Waals surface area contributed by atoms with Crippen LogP contribution in [-0.2, 0) is 4.79 Å². The fourth-order valence-electron chi connectivity index (χ4n) is 1.85. The fraction of sp³-hybridized carbons (Fsp3) is 0.467. The second-order valence-electron chi connectivity index (χ2n) is 5.43. The van der Waals surface area contributed by atoms with Crippen LogP contribution in [0.1, 0.15) is 31.4 Å². The van der Waals surface area contributed by atoms with Crippen LogP contribution < -0.4 is 10.6 Å². The van der Waals surface area contributed by atoms with E-state index in [0.717, 1.165) is 18.4 Å². The number of carbonyl (C=O) groups excluding carboxylic acids is 2. The summed E-state index contributed by atoms with van der Waals surface area (Å²) < 4.78 is 0. The SMILES string of the molecule is CC(O)c1ccc(NC(=O)N(C)CC(=O)NC2CC2)cc1. The van der Waals surface area contributed by atoms with Crippen molar-refractivity contribution < 1.29 is 14.7 Å². The maximum Gasteiger partial charge on any atom is 0.322 e. The molecule has 0 heterocycles. The van der Waals surface area contributed by atoms with Gasteiger partial charge in [0.25, 0.3) is 0 Å². The summed E-state index contributed by atoms with van der Waals surface area (Å²) in [7, 11) is 1.58. The number of urea groups is 1. The summed E-state index contributed by atoms with van der Waals surface area (Å²) in [6.45, 7) is 1.72. The second-order valence-corrected chi connectivity index (χ2v) is 5.43. The predicted molar refractivity (Wildman–Crippen MR) is 79.9 cm³/mol. The topological polar surface area (TPSA) is 81.7 Å². The van der Waals surface area contributed by atoms with E-state index >= 15 is 0 Å². The number of aliphatic hydroxyl groups is 1. The molecule has 0 spiro atoms. The molecule has 2 rings (SSSR count). The molecule has 1 aromatic carbocycles. The molecule has 1 fully saturated rings. The molecule has 114 valence electrons. The highest BCUT2D eigenvalue weighted by molar-refractivity contribution is 5.92. The molecule has 0 saturated heterocycles. The number of anilines is 1. The summed E-state index contributed by atoms with van der Waals surface area (Å²) >= 11 is 0. The van der Waals surface area contributed by atoms with Crippen LogP contribution in [0.3, 0.4) is 0 Å². The van der Waals surface area contributed by atoms with Crippen molar-refractivity contribution in [3.8, 4) is 0 Å². The van der Waals surface area contributed by atoms with Gasteiger partial charge in [-0.15, -0.1) is 0 Å². The van der Waals surface area contributed by atoms with Crippen LogP contribution in [0, 0.1) is 0 Å². The molecule has 6 nitrogen and oxygen atoms in total. The van der Waals surface area contributed by atoms with Gasteiger partial charge in [-0.25, -0.2) is 4.79 Å². The lowest BCUT2D eigenvalue weighted by Gasteiger charge is -2.17. The summed E-state index contributed by atoms with van der Waals surface area (Å²) in [6.07, 6.45) is 1.51. The van der Waals surface area contributed by atoms with Crippen molar-refractivity contribution in [2.75, 3.05) is 18.9 Å². The monoisotopic (exact) mass is 291 g/mol. The molecule has 3 amide bonds. The molecule has 0 bridgehead atoms. The van der Waals surface area contributed by atoms with Gasteiger partial charge in [0.15, 0.2) is 0 Å². The minimum Gasteiger partial charge on any atom is -0.389 e.